The van der Waals surface area contributed by atoms with Gasteiger partial charge < -0.3 is 14.6 Å². The number of hydrogen-bond donors (Lipinski definition) is 1. The molecule has 1 atom stereocenters. The number of thioether (sulfide) groups is 1. The maximum atomic E-state index is 12.6. The normalized spacial score (nSPS) is 11.8. The summed E-state index contributed by atoms with van der Waals surface area (Å²) < 4.78 is 7.78. The van der Waals surface area contributed by atoms with Crippen molar-refractivity contribution in [1.29, 1.82) is 0 Å². The molecule has 1 aromatic heterocycles. The highest BCUT2D eigenvalue weighted by Crippen LogP contribution is 2.25. The summed E-state index contributed by atoms with van der Waals surface area (Å²) in [4.78, 5) is 24.0. The Morgan fingerprint density at radius 1 is 1.19 bits per heavy atom. The zero-order chi connectivity index (χ0) is 23.3. The lowest BCUT2D eigenvalue weighted by atomic mass is 10.1. The number of halogens is 1. The number of carbonyl (C=O) groups excluding carboxylic acids is 2. The number of hydrogen-bond acceptors (Lipinski definition) is 6. The summed E-state index contributed by atoms with van der Waals surface area (Å²) in [7, 11) is 0. The van der Waals surface area contributed by atoms with Gasteiger partial charge in [-0.2, -0.15) is 0 Å². The van der Waals surface area contributed by atoms with Crippen LogP contribution in [0.3, 0.4) is 0 Å². The average molecular weight is 473 g/mol. The molecule has 0 fully saturated rings. The first-order valence-corrected chi connectivity index (χ1v) is 11.4. The molecule has 0 saturated carbocycles. The van der Waals surface area contributed by atoms with Gasteiger partial charge in [-0.3, -0.25) is 9.59 Å². The highest BCUT2D eigenvalue weighted by atomic mass is 35.5. The first kappa shape index (κ1) is 23.8. The molecule has 0 bridgehead atoms. The number of nitrogens with one attached hydrogen (secondary N) is 1. The SMILES string of the molecule is CCn1c(COc2ccc(Cl)c(C)c2)nnc1S[C@@H](C)C(=O)Nc1ccc(C(C)=O)cc1. The van der Waals surface area contributed by atoms with Crippen LogP contribution in [0.5, 0.6) is 5.75 Å². The van der Waals surface area contributed by atoms with Crippen LogP contribution in [0.2, 0.25) is 5.02 Å². The third-order valence-electron chi connectivity index (χ3n) is 4.82. The summed E-state index contributed by atoms with van der Waals surface area (Å²) in [6.45, 7) is 8.13. The lowest BCUT2D eigenvalue weighted by Crippen LogP contribution is -2.23. The minimum Gasteiger partial charge on any atom is -0.486 e. The minimum absolute atomic E-state index is 0.0170. The molecular formula is C23H25ClN4O3S. The number of aromatic nitrogens is 3. The largest absolute Gasteiger partial charge is 0.486 e. The van der Waals surface area contributed by atoms with Gasteiger partial charge in [0.1, 0.15) is 12.4 Å². The lowest BCUT2D eigenvalue weighted by molar-refractivity contribution is -0.115. The van der Waals surface area contributed by atoms with Crippen LogP contribution < -0.4 is 10.1 Å². The monoisotopic (exact) mass is 472 g/mol. The number of aryl methyl sites for hydroxylation is 1. The third kappa shape index (κ3) is 5.89. The van der Waals surface area contributed by atoms with Crippen molar-refractivity contribution in [2.24, 2.45) is 0 Å². The summed E-state index contributed by atoms with van der Waals surface area (Å²) in [6.07, 6.45) is 0. The van der Waals surface area contributed by atoms with Gasteiger partial charge in [0.05, 0.1) is 5.25 Å². The Balaban J connectivity index is 1.62. The van der Waals surface area contributed by atoms with Crippen molar-refractivity contribution in [3.05, 3.63) is 64.4 Å². The second-order valence-electron chi connectivity index (χ2n) is 7.23. The third-order valence-corrected chi connectivity index (χ3v) is 6.32. The fourth-order valence-electron chi connectivity index (χ4n) is 2.93. The zero-order valence-electron chi connectivity index (χ0n) is 18.4. The van der Waals surface area contributed by atoms with E-state index >= 15 is 0 Å². The van der Waals surface area contributed by atoms with Crippen molar-refractivity contribution in [2.45, 2.75) is 51.3 Å². The van der Waals surface area contributed by atoms with Crippen LogP contribution in [-0.4, -0.2) is 31.7 Å². The van der Waals surface area contributed by atoms with E-state index in [2.05, 4.69) is 15.5 Å². The number of ketones is 1. The molecule has 0 spiro atoms. The standard InChI is InChI=1S/C23H25ClN4O3S/c1-5-28-21(13-31-19-10-11-20(24)14(2)12-19)26-27-23(28)32-16(4)22(30)25-18-8-6-17(7-9-18)15(3)29/h6-12,16H,5,13H2,1-4H3,(H,25,30)/t16-/m0/s1. The number of rotatable bonds is 9. The second-order valence-corrected chi connectivity index (χ2v) is 8.94. The Morgan fingerprint density at radius 2 is 1.91 bits per heavy atom. The van der Waals surface area contributed by atoms with Gasteiger partial charge in [0, 0.05) is 22.8 Å². The van der Waals surface area contributed by atoms with E-state index in [4.69, 9.17) is 16.3 Å². The average Bonchev–Trinajstić information content (AvgIpc) is 3.16. The first-order valence-electron chi connectivity index (χ1n) is 10.2. The van der Waals surface area contributed by atoms with Gasteiger partial charge in [0.25, 0.3) is 0 Å². The molecular weight excluding hydrogens is 448 g/mol. The van der Waals surface area contributed by atoms with E-state index in [1.54, 1.807) is 30.3 Å². The van der Waals surface area contributed by atoms with Gasteiger partial charge in [-0.1, -0.05) is 23.4 Å². The Labute approximate surface area is 196 Å². The Bertz CT molecular complexity index is 1110. The van der Waals surface area contributed by atoms with E-state index in [1.807, 2.05) is 37.5 Å². The van der Waals surface area contributed by atoms with Crippen molar-refractivity contribution < 1.29 is 14.3 Å². The zero-order valence-corrected chi connectivity index (χ0v) is 20.0. The van der Waals surface area contributed by atoms with Crippen molar-refractivity contribution >= 4 is 40.7 Å². The van der Waals surface area contributed by atoms with E-state index in [9.17, 15) is 9.59 Å². The predicted molar refractivity (Wildman–Crippen MR) is 127 cm³/mol. The maximum Gasteiger partial charge on any atom is 0.237 e. The number of anilines is 1. The Kier molecular flexibility index (Phi) is 7.93. The van der Waals surface area contributed by atoms with Crippen LogP contribution in [0, 0.1) is 6.92 Å². The number of nitrogens with zero attached hydrogens (tertiary/aromatic N) is 3. The topological polar surface area (TPSA) is 86.1 Å². The van der Waals surface area contributed by atoms with E-state index < -0.39 is 5.25 Å². The molecule has 3 aromatic rings. The van der Waals surface area contributed by atoms with E-state index in [-0.39, 0.29) is 18.3 Å². The van der Waals surface area contributed by atoms with Crippen molar-refractivity contribution in [3.8, 4) is 5.75 Å². The molecule has 3 rings (SSSR count). The molecule has 1 heterocycles. The lowest BCUT2D eigenvalue weighted by Gasteiger charge is -2.13. The predicted octanol–water partition coefficient (Wildman–Crippen LogP) is 5.16. The quantitative estimate of drug-likeness (QED) is 0.342. The van der Waals surface area contributed by atoms with Crippen LogP contribution in [0.1, 0.15) is 42.5 Å². The molecule has 0 aliphatic rings. The van der Waals surface area contributed by atoms with Gasteiger partial charge in [-0.25, -0.2) is 0 Å². The summed E-state index contributed by atoms with van der Waals surface area (Å²) >= 11 is 7.39. The van der Waals surface area contributed by atoms with Crippen molar-refractivity contribution in [1.82, 2.24) is 14.8 Å². The van der Waals surface area contributed by atoms with Crippen LogP contribution >= 0.6 is 23.4 Å². The minimum atomic E-state index is -0.398. The molecule has 1 amide bonds. The van der Waals surface area contributed by atoms with Gasteiger partial charge >= 0.3 is 0 Å². The van der Waals surface area contributed by atoms with E-state index in [0.717, 1.165) is 5.56 Å². The number of amides is 1. The number of benzene rings is 2. The van der Waals surface area contributed by atoms with Crippen molar-refractivity contribution in [2.75, 3.05) is 5.32 Å². The van der Waals surface area contributed by atoms with E-state index in [0.29, 0.717) is 39.5 Å². The molecule has 32 heavy (non-hydrogen) atoms. The van der Waals surface area contributed by atoms with Crippen molar-refractivity contribution in [3.63, 3.8) is 0 Å². The Morgan fingerprint density at radius 3 is 2.53 bits per heavy atom. The fraction of sp³-hybridized carbons (Fsp3) is 0.304. The molecule has 0 saturated heterocycles. The molecule has 2 aromatic carbocycles. The maximum absolute atomic E-state index is 12.6. The molecule has 1 N–H and O–H groups in total. The van der Waals surface area contributed by atoms with Gasteiger partial charge in [-0.15, -0.1) is 10.2 Å². The molecule has 7 nitrogen and oxygen atoms in total. The molecule has 168 valence electrons. The molecule has 0 aliphatic carbocycles. The van der Waals surface area contributed by atoms with Crippen LogP contribution in [0.15, 0.2) is 47.6 Å². The summed E-state index contributed by atoms with van der Waals surface area (Å²) in [6, 6.07) is 12.3. The molecule has 0 unspecified atom stereocenters. The molecule has 0 radical (unpaired) electrons. The fourth-order valence-corrected chi connectivity index (χ4v) is 3.98. The molecule has 9 heteroatoms. The number of Topliss-reactive ketones (excluding diaryl/α,β-unsaturated/α-hetero) is 1. The number of carbonyl (C=O) groups is 2. The summed E-state index contributed by atoms with van der Waals surface area (Å²) in [5, 5.41) is 12.3. The van der Waals surface area contributed by atoms with Crippen LogP contribution in [0.4, 0.5) is 5.69 Å². The summed E-state index contributed by atoms with van der Waals surface area (Å²) in [5.74, 6) is 1.20. The first-order chi connectivity index (χ1) is 15.3. The van der Waals surface area contributed by atoms with Crippen LogP contribution in [0.25, 0.3) is 0 Å². The second kappa shape index (κ2) is 10.7. The van der Waals surface area contributed by atoms with Gasteiger partial charge in [0.15, 0.2) is 16.8 Å². The Hall–Kier alpha value is -2.84. The number of ether oxygens (including phenoxy) is 1. The van der Waals surface area contributed by atoms with Gasteiger partial charge in [0.2, 0.25) is 5.91 Å². The highest BCUT2D eigenvalue weighted by Gasteiger charge is 2.20. The smallest absolute Gasteiger partial charge is 0.237 e. The van der Waals surface area contributed by atoms with Gasteiger partial charge in [-0.05, 0) is 75.7 Å². The highest BCUT2D eigenvalue weighted by molar-refractivity contribution is 8.00. The van der Waals surface area contributed by atoms with E-state index in [1.165, 1.54) is 18.7 Å². The van der Waals surface area contributed by atoms with Crippen LogP contribution in [-0.2, 0) is 17.9 Å². The summed E-state index contributed by atoms with van der Waals surface area (Å²) in [5.41, 5.74) is 2.18. The molecule has 0 aliphatic heterocycles.